The Hall–Kier alpha value is -1.85. The van der Waals surface area contributed by atoms with E-state index in [1.807, 2.05) is 16.6 Å². The summed E-state index contributed by atoms with van der Waals surface area (Å²) in [6.45, 7) is 4.19. The molecule has 1 atom stereocenters. The molecule has 6 nitrogen and oxygen atoms in total. The minimum Gasteiger partial charge on any atom is -0.340 e. The Morgan fingerprint density at radius 2 is 1.70 bits per heavy atom. The SMILES string of the molecule is CC(=O)N1CCCC[C@H]1C1CCN(C(=O)c2c3c(nn2C)CCCC3)CC1. The van der Waals surface area contributed by atoms with Gasteiger partial charge in [-0.05, 0) is 63.7 Å². The summed E-state index contributed by atoms with van der Waals surface area (Å²) in [4.78, 5) is 29.3. The van der Waals surface area contributed by atoms with E-state index in [0.29, 0.717) is 12.0 Å². The predicted molar refractivity (Wildman–Crippen MR) is 104 cm³/mol. The van der Waals surface area contributed by atoms with Crippen molar-refractivity contribution in [2.24, 2.45) is 13.0 Å². The molecule has 2 fully saturated rings. The highest BCUT2D eigenvalue weighted by molar-refractivity contribution is 5.94. The zero-order valence-corrected chi connectivity index (χ0v) is 16.7. The average Bonchev–Trinajstić information content (AvgIpc) is 3.03. The number of aromatic nitrogens is 2. The van der Waals surface area contributed by atoms with Gasteiger partial charge in [-0.2, -0.15) is 5.10 Å². The molecule has 1 aromatic heterocycles. The van der Waals surface area contributed by atoms with Crippen LogP contribution in [0.3, 0.4) is 0 Å². The molecule has 0 saturated carbocycles. The van der Waals surface area contributed by atoms with Crippen LogP contribution in [0.1, 0.15) is 73.6 Å². The zero-order valence-electron chi connectivity index (χ0n) is 16.7. The van der Waals surface area contributed by atoms with Gasteiger partial charge in [0.15, 0.2) is 0 Å². The zero-order chi connectivity index (χ0) is 19.0. The molecule has 2 saturated heterocycles. The largest absolute Gasteiger partial charge is 0.340 e. The molecule has 3 heterocycles. The van der Waals surface area contributed by atoms with E-state index in [0.717, 1.165) is 76.0 Å². The van der Waals surface area contributed by atoms with E-state index < -0.39 is 0 Å². The van der Waals surface area contributed by atoms with Gasteiger partial charge in [0.25, 0.3) is 5.91 Å². The summed E-state index contributed by atoms with van der Waals surface area (Å²) in [5, 5.41) is 4.61. The molecule has 0 aromatic carbocycles. The molecule has 2 aliphatic heterocycles. The lowest BCUT2D eigenvalue weighted by atomic mass is 9.83. The summed E-state index contributed by atoms with van der Waals surface area (Å²) in [5.74, 6) is 0.886. The summed E-state index contributed by atoms with van der Waals surface area (Å²) < 4.78 is 1.81. The number of hydrogen-bond acceptors (Lipinski definition) is 3. The number of carbonyl (C=O) groups excluding carboxylic acids is 2. The molecule has 1 aromatic rings. The van der Waals surface area contributed by atoms with E-state index in [4.69, 9.17) is 0 Å². The Bertz CT molecular complexity index is 718. The van der Waals surface area contributed by atoms with Crippen LogP contribution in [0.5, 0.6) is 0 Å². The first-order valence-electron chi connectivity index (χ1n) is 10.7. The Labute approximate surface area is 161 Å². The fourth-order valence-corrected chi connectivity index (χ4v) is 5.42. The van der Waals surface area contributed by atoms with Crippen LogP contribution in [-0.4, -0.2) is 57.1 Å². The van der Waals surface area contributed by atoms with Crippen molar-refractivity contribution in [3.8, 4) is 0 Å². The van der Waals surface area contributed by atoms with Crippen molar-refractivity contribution in [3.63, 3.8) is 0 Å². The van der Waals surface area contributed by atoms with E-state index in [2.05, 4.69) is 10.00 Å². The fraction of sp³-hybridized carbons (Fsp3) is 0.762. The third-order valence-electron chi connectivity index (χ3n) is 6.85. The normalized spacial score (nSPS) is 24.0. The molecule has 0 N–H and O–H groups in total. The Balaban J connectivity index is 1.43. The summed E-state index contributed by atoms with van der Waals surface area (Å²) in [6.07, 6.45) is 9.78. The van der Waals surface area contributed by atoms with Gasteiger partial charge in [-0.25, -0.2) is 0 Å². The molecule has 0 spiro atoms. The van der Waals surface area contributed by atoms with Gasteiger partial charge in [0.1, 0.15) is 5.69 Å². The maximum atomic E-state index is 13.2. The molecule has 0 radical (unpaired) electrons. The van der Waals surface area contributed by atoms with Crippen LogP contribution in [0.25, 0.3) is 0 Å². The average molecular weight is 373 g/mol. The maximum Gasteiger partial charge on any atom is 0.272 e. The van der Waals surface area contributed by atoms with Crippen LogP contribution in [0, 0.1) is 5.92 Å². The number of likely N-dealkylation sites (tertiary alicyclic amines) is 2. The van der Waals surface area contributed by atoms with Crippen molar-refractivity contribution in [3.05, 3.63) is 17.0 Å². The molecule has 4 rings (SSSR count). The number of carbonyl (C=O) groups is 2. The number of fused-ring (bicyclic) bond motifs is 1. The monoisotopic (exact) mass is 372 g/mol. The van der Waals surface area contributed by atoms with Gasteiger partial charge in [-0.1, -0.05) is 0 Å². The van der Waals surface area contributed by atoms with Crippen molar-refractivity contribution in [1.29, 1.82) is 0 Å². The third-order valence-corrected chi connectivity index (χ3v) is 6.85. The van der Waals surface area contributed by atoms with E-state index in [-0.39, 0.29) is 11.8 Å². The molecular weight excluding hydrogens is 340 g/mol. The fourth-order valence-electron chi connectivity index (χ4n) is 5.42. The highest BCUT2D eigenvalue weighted by atomic mass is 16.2. The Morgan fingerprint density at radius 3 is 2.44 bits per heavy atom. The molecule has 1 aliphatic carbocycles. The Kier molecular flexibility index (Phi) is 5.24. The summed E-state index contributed by atoms with van der Waals surface area (Å²) >= 11 is 0. The second-order valence-corrected chi connectivity index (χ2v) is 8.51. The standard InChI is InChI=1S/C21H32N4O2/c1-15(26)25-12-6-5-9-19(25)16-10-13-24(14-11-16)21(27)20-17-7-3-4-8-18(17)22-23(20)2/h16,19H,3-14H2,1-2H3/t19-/m0/s1. The number of amides is 2. The van der Waals surface area contributed by atoms with Gasteiger partial charge in [0.05, 0.1) is 5.69 Å². The van der Waals surface area contributed by atoms with Gasteiger partial charge < -0.3 is 9.80 Å². The first-order valence-corrected chi connectivity index (χ1v) is 10.7. The van der Waals surface area contributed by atoms with Crippen LogP contribution >= 0.6 is 0 Å². The van der Waals surface area contributed by atoms with Gasteiger partial charge in [0, 0.05) is 45.2 Å². The summed E-state index contributed by atoms with van der Waals surface area (Å²) in [5.41, 5.74) is 3.12. The highest BCUT2D eigenvalue weighted by Crippen LogP contribution is 2.32. The second kappa shape index (κ2) is 7.64. The number of nitrogens with zero attached hydrogens (tertiary/aromatic N) is 4. The summed E-state index contributed by atoms with van der Waals surface area (Å²) in [7, 11) is 1.91. The van der Waals surface area contributed by atoms with E-state index >= 15 is 0 Å². The van der Waals surface area contributed by atoms with Gasteiger partial charge in [-0.15, -0.1) is 0 Å². The number of aryl methyl sites for hydroxylation is 2. The first-order chi connectivity index (χ1) is 13.1. The van der Waals surface area contributed by atoms with Gasteiger partial charge in [-0.3, -0.25) is 14.3 Å². The first kappa shape index (κ1) is 18.5. The van der Waals surface area contributed by atoms with Crippen molar-refractivity contribution in [2.75, 3.05) is 19.6 Å². The lowest BCUT2D eigenvalue weighted by Crippen LogP contribution is -2.50. The van der Waals surface area contributed by atoms with Crippen molar-refractivity contribution in [2.45, 2.75) is 70.8 Å². The summed E-state index contributed by atoms with van der Waals surface area (Å²) in [6, 6.07) is 0.373. The number of piperidine rings is 2. The predicted octanol–water partition coefficient (Wildman–Crippen LogP) is 2.55. The third kappa shape index (κ3) is 3.50. The molecule has 2 amide bonds. The lowest BCUT2D eigenvalue weighted by molar-refractivity contribution is -0.134. The quantitative estimate of drug-likeness (QED) is 0.802. The van der Waals surface area contributed by atoms with Crippen LogP contribution in [-0.2, 0) is 24.7 Å². The molecule has 27 heavy (non-hydrogen) atoms. The number of hydrogen-bond donors (Lipinski definition) is 0. The van der Waals surface area contributed by atoms with Crippen molar-refractivity contribution >= 4 is 11.8 Å². The topological polar surface area (TPSA) is 58.4 Å². The van der Waals surface area contributed by atoms with Crippen LogP contribution in [0.2, 0.25) is 0 Å². The van der Waals surface area contributed by atoms with Crippen LogP contribution in [0.15, 0.2) is 0 Å². The molecular formula is C21H32N4O2. The van der Waals surface area contributed by atoms with E-state index in [1.165, 1.54) is 18.4 Å². The molecule has 0 unspecified atom stereocenters. The van der Waals surface area contributed by atoms with Crippen molar-refractivity contribution < 1.29 is 9.59 Å². The molecule has 3 aliphatic rings. The molecule has 0 bridgehead atoms. The van der Waals surface area contributed by atoms with Crippen LogP contribution in [0.4, 0.5) is 0 Å². The maximum absolute atomic E-state index is 13.2. The molecule has 148 valence electrons. The Morgan fingerprint density at radius 1 is 0.963 bits per heavy atom. The minimum atomic E-state index is 0.152. The van der Waals surface area contributed by atoms with Crippen LogP contribution < -0.4 is 0 Å². The highest BCUT2D eigenvalue weighted by Gasteiger charge is 2.36. The van der Waals surface area contributed by atoms with E-state index in [1.54, 1.807) is 6.92 Å². The lowest BCUT2D eigenvalue weighted by Gasteiger charge is -2.43. The second-order valence-electron chi connectivity index (χ2n) is 8.51. The number of rotatable bonds is 2. The minimum absolute atomic E-state index is 0.152. The smallest absolute Gasteiger partial charge is 0.272 e. The van der Waals surface area contributed by atoms with Crippen molar-refractivity contribution in [1.82, 2.24) is 19.6 Å². The van der Waals surface area contributed by atoms with E-state index in [9.17, 15) is 9.59 Å². The molecule has 6 heteroatoms. The van der Waals surface area contributed by atoms with Gasteiger partial charge >= 0.3 is 0 Å². The van der Waals surface area contributed by atoms with Gasteiger partial charge in [0.2, 0.25) is 5.91 Å².